The van der Waals surface area contributed by atoms with Gasteiger partial charge in [-0.05, 0) is 42.4 Å². The predicted molar refractivity (Wildman–Crippen MR) is 97.5 cm³/mol. The highest BCUT2D eigenvalue weighted by atomic mass is 19.1. The molecule has 0 aromatic heterocycles. The summed E-state index contributed by atoms with van der Waals surface area (Å²) in [5.41, 5.74) is 7.65. The molecule has 0 aliphatic carbocycles. The smallest absolute Gasteiger partial charge is 0.303 e. The van der Waals surface area contributed by atoms with Crippen molar-refractivity contribution >= 4 is 17.3 Å². The van der Waals surface area contributed by atoms with Gasteiger partial charge in [-0.3, -0.25) is 4.79 Å². The zero-order valence-corrected chi connectivity index (χ0v) is 15.3. The number of hydrogen-bond donors (Lipinski definition) is 2. The lowest BCUT2D eigenvalue weighted by Crippen LogP contribution is -2.42. The van der Waals surface area contributed by atoms with Gasteiger partial charge >= 0.3 is 5.97 Å². The molecule has 0 bridgehead atoms. The Bertz CT molecular complexity index is 577. The first-order valence-corrected chi connectivity index (χ1v) is 8.94. The zero-order valence-electron chi connectivity index (χ0n) is 15.3. The second-order valence-electron chi connectivity index (χ2n) is 7.33. The first-order chi connectivity index (χ1) is 11.8. The first-order valence-electron chi connectivity index (χ1n) is 8.94. The van der Waals surface area contributed by atoms with Gasteiger partial charge in [-0.25, -0.2) is 4.39 Å². The summed E-state index contributed by atoms with van der Waals surface area (Å²) in [5.74, 6) is -1.20. The highest BCUT2D eigenvalue weighted by Gasteiger charge is 2.27. The summed E-state index contributed by atoms with van der Waals surface area (Å²) >= 11 is 0. The minimum atomic E-state index is -0.904. The number of carboxylic acids is 1. The maximum absolute atomic E-state index is 15.0. The van der Waals surface area contributed by atoms with E-state index in [9.17, 15) is 9.18 Å². The molecule has 1 fully saturated rings. The molecule has 0 saturated carbocycles. The van der Waals surface area contributed by atoms with Crippen LogP contribution in [0.15, 0.2) is 12.1 Å². The average Bonchev–Trinajstić information content (AvgIpc) is 2.53. The number of halogens is 1. The van der Waals surface area contributed by atoms with Crippen LogP contribution in [0.25, 0.3) is 0 Å². The molecule has 25 heavy (non-hydrogen) atoms. The molecule has 0 amide bonds. The maximum Gasteiger partial charge on any atom is 0.303 e. The van der Waals surface area contributed by atoms with Crippen molar-refractivity contribution in [3.05, 3.63) is 23.5 Å². The highest BCUT2D eigenvalue weighted by Crippen LogP contribution is 2.35. The van der Waals surface area contributed by atoms with E-state index < -0.39 is 5.97 Å². The lowest BCUT2D eigenvalue weighted by atomic mass is 9.95. The van der Waals surface area contributed by atoms with Crippen LogP contribution in [0.1, 0.15) is 51.5 Å². The van der Waals surface area contributed by atoms with Gasteiger partial charge in [-0.1, -0.05) is 20.8 Å². The fourth-order valence-corrected chi connectivity index (χ4v) is 3.42. The molecule has 1 heterocycles. The van der Waals surface area contributed by atoms with Crippen molar-refractivity contribution in [2.45, 2.75) is 52.0 Å². The molecule has 140 valence electrons. The number of carboxylic acid groups (broad SMARTS) is 1. The fourth-order valence-electron chi connectivity index (χ4n) is 3.42. The Labute approximate surface area is 149 Å². The molecule has 5 nitrogen and oxygen atoms in total. The SMILES string of the molecule is CC(C)CN(c1c(N)cc(C(C)CC(=O)O)cc1F)C1CCOCC1. The number of ether oxygens (including phenoxy) is 1. The quantitative estimate of drug-likeness (QED) is 0.733. The summed E-state index contributed by atoms with van der Waals surface area (Å²) in [4.78, 5) is 13.0. The summed E-state index contributed by atoms with van der Waals surface area (Å²) in [6, 6.07) is 3.36. The van der Waals surface area contributed by atoms with Crippen molar-refractivity contribution in [3.8, 4) is 0 Å². The lowest BCUT2D eigenvalue weighted by molar-refractivity contribution is -0.137. The topological polar surface area (TPSA) is 75.8 Å². The van der Waals surface area contributed by atoms with Crippen LogP contribution < -0.4 is 10.6 Å². The molecular formula is C19H29FN2O3. The third-order valence-electron chi connectivity index (χ3n) is 4.65. The van der Waals surface area contributed by atoms with Gasteiger partial charge in [0.1, 0.15) is 5.82 Å². The van der Waals surface area contributed by atoms with E-state index in [1.54, 1.807) is 13.0 Å². The molecule has 6 heteroatoms. The van der Waals surface area contributed by atoms with Crippen LogP contribution in [0.3, 0.4) is 0 Å². The maximum atomic E-state index is 15.0. The Kier molecular flexibility index (Phi) is 6.64. The molecule has 1 atom stereocenters. The van der Waals surface area contributed by atoms with E-state index in [1.165, 1.54) is 6.07 Å². The number of nitrogens with two attached hydrogens (primary N) is 1. The zero-order chi connectivity index (χ0) is 18.6. The molecule has 2 rings (SSSR count). The molecule has 1 saturated heterocycles. The van der Waals surface area contributed by atoms with E-state index in [0.29, 0.717) is 36.1 Å². The summed E-state index contributed by atoms with van der Waals surface area (Å²) in [6.07, 6.45) is 1.65. The van der Waals surface area contributed by atoms with Gasteiger partial charge in [0.25, 0.3) is 0 Å². The van der Waals surface area contributed by atoms with Crippen molar-refractivity contribution in [1.29, 1.82) is 0 Å². The lowest BCUT2D eigenvalue weighted by Gasteiger charge is -2.38. The molecule has 1 unspecified atom stereocenters. The molecule has 0 spiro atoms. The fraction of sp³-hybridized carbons (Fsp3) is 0.632. The summed E-state index contributed by atoms with van der Waals surface area (Å²) in [7, 11) is 0. The molecule has 3 N–H and O–H groups in total. The van der Waals surface area contributed by atoms with Gasteiger partial charge in [0.05, 0.1) is 17.8 Å². The summed E-state index contributed by atoms with van der Waals surface area (Å²) < 4.78 is 20.4. The Hall–Kier alpha value is -1.82. The molecule has 1 aliphatic heterocycles. The van der Waals surface area contributed by atoms with Crippen molar-refractivity contribution in [1.82, 2.24) is 0 Å². The number of aliphatic carboxylic acids is 1. The average molecular weight is 352 g/mol. The van der Waals surface area contributed by atoms with E-state index in [4.69, 9.17) is 15.6 Å². The van der Waals surface area contributed by atoms with E-state index in [-0.39, 0.29) is 24.2 Å². The Morgan fingerprint density at radius 2 is 2.00 bits per heavy atom. The number of rotatable bonds is 7. The second-order valence-corrected chi connectivity index (χ2v) is 7.33. The van der Waals surface area contributed by atoms with Crippen molar-refractivity contribution in [2.75, 3.05) is 30.4 Å². The molecule has 0 radical (unpaired) electrons. The third kappa shape index (κ3) is 5.08. The Balaban J connectivity index is 2.34. The van der Waals surface area contributed by atoms with Crippen LogP contribution in [-0.2, 0) is 9.53 Å². The number of hydrogen-bond acceptors (Lipinski definition) is 4. The van der Waals surface area contributed by atoms with Crippen LogP contribution >= 0.6 is 0 Å². The number of benzene rings is 1. The van der Waals surface area contributed by atoms with E-state index in [2.05, 4.69) is 18.7 Å². The van der Waals surface area contributed by atoms with Gasteiger partial charge in [-0.15, -0.1) is 0 Å². The number of nitrogens with zero attached hydrogens (tertiary/aromatic N) is 1. The Morgan fingerprint density at radius 1 is 1.36 bits per heavy atom. The van der Waals surface area contributed by atoms with E-state index >= 15 is 0 Å². The highest BCUT2D eigenvalue weighted by molar-refractivity contribution is 5.71. The van der Waals surface area contributed by atoms with Gasteiger partial charge in [-0.2, -0.15) is 0 Å². The van der Waals surface area contributed by atoms with Crippen LogP contribution in [0.5, 0.6) is 0 Å². The van der Waals surface area contributed by atoms with E-state index in [1.807, 2.05) is 0 Å². The molecule has 1 aromatic rings. The molecule has 1 aliphatic rings. The van der Waals surface area contributed by atoms with Crippen LogP contribution in [-0.4, -0.2) is 36.9 Å². The number of anilines is 2. The standard InChI is InChI=1S/C19H29FN2O3/c1-12(2)11-22(15-4-6-25-7-5-15)19-16(20)9-14(10-17(19)21)13(3)8-18(23)24/h9-10,12-13,15H,4-8,11,21H2,1-3H3,(H,23,24). The van der Waals surface area contributed by atoms with Gasteiger partial charge in [0.2, 0.25) is 0 Å². The van der Waals surface area contributed by atoms with Crippen molar-refractivity contribution in [2.24, 2.45) is 5.92 Å². The second kappa shape index (κ2) is 8.52. The van der Waals surface area contributed by atoms with Crippen LogP contribution in [0.2, 0.25) is 0 Å². The minimum Gasteiger partial charge on any atom is -0.481 e. The van der Waals surface area contributed by atoms with Gasteiger partial charge in [0, 0.05) is 25.8 Å². The predicted octanol–water partition coefficient (Wildman–Crippen LogP) is 3.63. The largest absolute Gasteiger partial charge is 0.481 e. The molecule has 1 aromatic carbocycles. The van der Waals surface area contributed by atoms with Crippen LogP contribution in [0, 0.1) is 11.7 Å². The van der Waals surface area contributed by atoms with Crippen LogP contribution in [0.4, 0.5) is 15.8 Å². The monoisotopic (exact) mass is 352 g/mol. The van der Waals surface area contributed by atoms with Crippen molar-refractivity contribution < 1.29 is 19.0 Å². The number of nitrogen functional groups attached to an aromatic ring is 1. The summed E-state index contributed by atoms with van der Waals surface area (Å²) in [6.45, 7) is 8.04. The summed E-state index contributed by atoms with van der Waals surface area (Å²) in [5, 5.41) is 8.95. The first kappa shape index (κ1) is 19.5. The van der Waals surface area contributed by atoms with Gasteiger partial charge < -0.3 is 20.5 Å². The Morgan fingerprint density at radius 3 is 2.52 bits per heavy atom. The normalized spacial score (nSPS) is 16.8. The van der Waals surface area contributed by atoms with E-state index in [0.717, 1.165) is 19.4 Å². The van der Waals surface area contributed by atoms with Crippen molar-refractivity contribution in [3.63, 3.8) is 0 Å². The number of carbonyl (C=O) groups is 1. The molecular weight excluding hydrogens is 323 g/mol. The minimum absolute atomic E-state index is 0.0477. The third-order valence-corrected chi connectivity index (χ3v) is 4.65. The van der Waals surface area contributed by atoms with Gasteiger partial charge in [0.15, 0.2) is 0 Å².